The maximum absolute atomic E-state index is 5.05. The van der Waals surface area contributed by atoms with Crippen LogP contribution in [0.1, 0.15) is 26.7 Å². The van der Waals surface area contributed by atoms with E-state index in [0.717, 1.165) is 26.0 Å². The number of aromatic nitrogens is 3. The van der Waals surface area contributed by atoms with Crippen molar-refractivity contribution in [2.45, 2.75) is 45.3 Å². The van der Waals surface area contributed by atoms with E-state index in [9.17, 15) is 0 Å². The minimum absolute atomic E-state index is 0.482. The fraction of sp³-hybridized carbons (Fsp3) is 0.818. The van der Waals surface area contributed by atoms with E-state index >= 15 is 0 Å². The third-order valence-electron chi connectivity index (χ3n) is 2.58. The molecule has 0 aliphatic carbocycles. The van der Waals surface area contributed by atoms with Crippen molar-refractivity contribution in [1.82, 2.24) is 20.1 Å². The highest BCUT2D eigenvalue weighted by Crippen LogP contribution is 1.99. The molecule has 0 amide bonds. The lowest BCUT2D eigenvalue weighted by molar-refractivity contribution is 0.182. The number of rotatable bonds is 8. The van der Waals surface area contributed by atoms with Crippen LogP contribution in [0.4, 0.5) is 0 Å². The minimum atomic E-state index is 0.482. The van der Waals surface area contributed by atoms with Crippen LogP contribution in [-0.4, -0.2) is 40.6 Å². The SMILES string of the molecule is COCCC(C)NC(C)CCn1cncn1. The Labute approximate surface area is 97.2 Å². The van der Waals surface area contributed by atoms with E-state index in [2.05, 4.69) is 29.2 Å². The highest BCUT2D eigenvalue weighted by molar-refractivity contribution is 4.68. The largest absolute Gasteiger partial charge is 0.385 e. The Kier molecular flexibility index (Phi) is 6.03. The molecule has 1 N–H and O–H groups in total. The van der Waals surface area contributed by atoms with Crippen LogP contribution in [-0.2, 0) is 11.3 Å². The van der Waals surface area contributed by atoms with Gasteiger partial charge in [-0.3, -0.25) is 4.68 Å². The first-order valence-corrected chi connectivity index (χ1v) is 5.79. The van der Waals surface area contributed by atoms with Crippen LogP contribution < -0.4 is 5.32 Å². The Hall–Kier alpha value is -0.940. The van der Waals surface area contributed by atoms with Gasteiger partial charge in [-0.25, -0.2) is 4.98 Å². The van der Waals surface area contributed by atoms with Crippen molar-refractivity contribution < 1.29 is 4.74 Å². The van der Waals surface area contributed by atoms with E-state index in [1.54, 1.807) is 19.8 Å². The summed E-state index contributed by atoms with van der Waals surface area (Å²) in [6.45, 7) is 6.10. The van der Waals surface area contributed by atoms with E-state index in [1.165, 1.54) is 0 Å². The number of methoxy groups -OCH3 is 1. The van der Waals surface area contributed by atoms with Gasteiger partial charge in [-0.15, -0.1) is 0 Å². The Morgan fingerprint density at radius 2 is 2.06 bits per heavy atom. The van der Waals surface area contributed by atoms with Crippen molar-refractivity contribution in [2.24, 2.45) is 0 Å². The molecule has 0 saturated carbocycles. The molecule has 0 aliphatic heterocycles. The Morgan fingerprint density at radius 1 is 1.31 bits per heavy atom. The Bertz CT molecular complexity index is 263. The van der Waals surface area contributed by atoms with Gasteiger partial charge in [-0.1, -0.05) is 0 Å². The summed E-state index contributed by atoms with van der Waals surface area (Å²) in [4.78, 5) is 3.92. The van der Waals surface area contributed by atoms with Crippen molar-refractivity contribution in [2.75, 3.05) is 13.7 Å². The Balaban J connectivity index is 2.12. The van der Waals surface area contributed by atoms with Crippen LogP contribution in [0.5, 0.6) is 0 Å². The van der Waals surface area contributed by atoms with Gasteiger partial charge in [-0.05, 0) is 26.7 Å². The first-order chi connectivity index (χ1) is 7.72. The van der Waals surface area contributed by atoms with E-state index in [-0.39, 0.29) is 0 Å². The van der Waals surface area contributed by atoms with Crippen LogP contribution in [0.3, 0.4) is 0 Å². The number of aryl methyl sites for hydroxylation is 1. The molecule has 92 valence electrons. The molecule has 0 aromatic carbocycles. The third kappa shape index (κ3) is 5.23. The second-order valence-electron chi connectivity index (χ2n) is 4.20. The molecular weight excluding hydrogens is 204 g/mol. The van der Waals surface area contributed by atoms with Gasteiger partial charge in [-0.2, -0.15) is 5.10 Å². The maximum atomic E-state index is 5.05. The highest BCUT2D eigenvalue weighted by Gasteiger charge is 2.07. The fourth-order valence-corrected chi connectivity index (χ4v) is 1.62. The average Bonchev–Trinajstić information content (AvgIpc) is 2.76. The van der Waals surface area contributed by atoms with E-state index in [4.69, 9.17) is 4.74 Å². The molecule has 5 heteroatoms. The van der Waals surface area contributed by atoms with Crippen LogP contribution in [0.15, 0.2) is 12.7 Å². The molecule has 16 heavy (non-hydrogen) atoms. The topological polar surface area (TPSA) is 52.0 Å². The summed E-state index contributed by atoms with van der Waals surface area (Å²) in [5.41, 5.74) is 0. The molecule has 0 fully saturated rings. The smallest absolute Gasteiger partial charge is 0.137 e. The number of nitrogens with one attached hydrogen (secondary N) is 1. The van der Waals surface area contributed by atoms with E-state index < -0.39 is 0 Å². The van der Waals surface area contributed by atoms with E-state index in [0.29, 0.717) is 12.1 Å². The number of nitrogens with zero attached hydrogens (tertiary/aromatic N) is 3. The number of ether oxygens (including phenoxy) is 1. The van der Waals surface area contributed by atoms with Gasteiger partial charge in [0.25, 0.3) is 0 Å². The van der Waals surface area contributed by atoms with Gasteiger partial charge in [0, 0.05) is 32.3 Å². The predicted octanol–water partition coefficient (Wildman–Crippen LogP) is 1.07. The Morgan fingerprint density at radius 3 is 2.69 bits per heavy atom. The lowest BCUT2D eigenvalue weighted by Gasteiger charge is -2.19. The zero-order valence-corrected chi connectivity index (χ0v) is 10.4. The molecule has 0 spiro atoms. The summed E-state index contributed by atoms with van der Waals surface area (Å²) in [5.74, 6) is 0. The summed E-state index contributed by atoms with van der Waals surface area (Å²) in [5, 5.41) is 7.61. The second-order valence-corrected chi connectivity index (χ2v) is 4.20. The molecular formula is C11H22N4O. The van der Waals surface area contributed by atoms with Gasteiger partial charge in [0.1, 0.15) is 12.7 Å². The molecule has 1 aromatic rings. The summed E-state index contributed by atoms with van der Waals surface area (Å²) < 4.78 is 6.91. The molecule has 2 atom stereocenters. The molecule has 0 radical (unpaired) electrons. The molecule has 0 saturated heterocycles. The van der Waals surface area contributed by atoms with Crippen molar-refractivity contribution >= 4 is 0 Å². The van der Waals surface area contributed by atoms with Gasteiger partial charge < -0.3 is 10.1 Å². The van der Waals surface area contributed by atoms with Crippen molar-refractivity contribution in [3.63, 3.8) is 0 Å². The van der Waals surface area contributed by atoms with Gasteiger partial charge >= 0.3 is 0 Å². The van der Waals surface area contributed by atoms with Crippen LogP contribution in [0, 0.1) is 0 Å². The minimum Gasteiger partial charge on any atom is -0.385 e. The van der Waals surface area contributed by atoms with Gasteiger partial charge in [0.05, 0.1) is 0 Å². The molecule has 0 aliphatic rings. The molecule has 0 bridgehead atoms. The first kappa shape index (κ1) is 13.1. The van der Waals surface area contributed by atoms with Crippen molar-refractivity contribution in [3.8, 4) is 0 Å². The summed E-state index contributed by atoms with van der Waals surface area (Å²) in [6.07, 6.45) is 5.42. The third-order valence-corrected chi connectivity index (χ3v) is 2.58. The van der Waals surface area contributed by atoms with Gasteiger partial charge in [0.15, 0.2) is 0 Å². The number of hydrogen-bond donors (Lipinski definition) is 1. The quantitative estimate of drug-likeness (QED) is 0.720. The lowest BCUT2D eigenvalue weighted by Crippen LogP contribution is -2.35. The fourth-order valence-electron chi connectivity index (χ4n) is 1.62. The van der Waals surface area contributed by atoms with Crippen LogP contribution in [0.25, 0.3) is 0 Å². The van der Waals surface area contributed by atoms with Crippen LogP contribution >= 0.6 is 0 Å². The van der Waals surface area contributed by atoms with Crippen molar-refractivity contribution in [3.05, 3.63) is 12.7 Å². The monoisotopic (exact) mass is 226 g/mol. The lowest BCUT2D eigenvalue weighted by atomic mass is 10.2. The summed E-state index contributed by atoms with van der Waals surface area (Å²) in [7, 11) is 1.74. The molecule has 2 unspecified atom stereocenters. The summed E-state index contributed by atoms with van der Waals surface area (Å²) >= 11 is 0. The molecule has 5 nitrogen and oxygen atoms in total. The number of hydrogen-bond acceptors (Lipinski definition) is 4. The molecule has 1 rings (SSSR count). The maximum Gasteiger partial charge on any atom is 0.137 e. The second kappa shape index (κ2) is 7.35. The average molecular weight is 226 g/mol. The normalized spacial score (nSPS) is 14.9. The van der Waals surface area contributed by atoms with Crippen LogP contribution in [0.2, 0.25) is 0 Å². The van der Waals surface area contributed by atoms with E-state index in [1.807, 2.05) is 4.68 Å². The van der Waals surface area contributed by atoms with Gasteiger partial charge in [0.2, 0.25) is 0 Å². The standard InChI is InChI=1S/C11H22N4O/c1-10(14-11(2)5-7-16-3)4-6-15-9-12-8-13-15/h8-11,14H,4-7H2,1-3H3. The highest BCUT2D eigenvalue weighted by atomic mass is 16.5. The van der Waals surface area contributed by atoms with Crippen molar-refractivity contribution in [1.29, 1.82) is 0 Å². The zero-order valence-electron chi connectivity index (χ0n) is 10.4. The summed E-state index contributed by atoms with van der Waals surface area (Å²) in [6, 6.07) is 0.974. The molecule has 1 heterocycles. The first-order valence-electron chi connectivity index (χ1n) is 5.79. The molecule has 1 aromatic heterocycles. The predicted molar refractivity (Wildman–Crippen MR) is 63.2 cm³/mol. The zero-order chi connectivity index (χ0) is 11.8.